The highest BCUT2D eigenvalue weighted by Crippen LogP contribution is 2.32. The summed E-state index contributed by atoms with van der Waals surface area (Å²) in [6, 6.07) is 26.9. The molecule has 1 aliphatic rings. The summed E-state index contributed by atoms with van der Waals surface area (Å²) in [7, 11) is 0. The van der Waals surface area contributed by atoms with Gasteiger partial charge in [0.15, 0.2) is 0 Å². The summed E-state index contributed by atoms with van der Waals surface area (Å²) >= 11 is 6.04. The van der Waals surface area contributed by atoms with Crippen LogP contribution in [0.3, 0.4) is 0 Å². The topological polar surface area (TPSA) is 62.8 Å². The molecule has 0 atom stereocenters. The van der Waals surface area contributed by atoms with E-state index in [2.05, 4.69) is 15.5 Å². The van der Waals surface area contributed by atoms with Crippen LogP contribution in [0.4, 0.5) is 10.5 Å². The van der Waals surface area contributed by atoms with Crippen LogP contribution in [0.5, 0.6) is 11.5 Å². The van der Waals surface area contributed by atoms with Crippen molar-refractivity contribution in [2.24, 2.45) is 0 Å². The molecule has 0 aromatic heterocycles. The maximum atomic E-state index is 12.6. The number of fused-ring (bicyclic) bond motifs is 1. The van der Waals surface area contributed by atoms with E-state index < -0.39 is 0 Å². The highest BCUT2D eigenvalue weighted by molar-refractivity contribution is 6.30. The van der Waals surface area contributed by atoms with Crippen molar-refractivity contribution < 1.29 is 14.3 Å². The van der Waals surface area contributed by atoms with Crippen LogP contribution < -0.4 is 20.1 Å². The number of hydrogen-bond acceptors (Lipinski definition) is 4. The Bertz CT molecular complexity index is 1390. The maximum absolute atomic E-state index is 12.6. The number of halogens is 1. The van der Waals surface area contributed by atoms with E-state index in [0.717, 1.165) is 39.9 Å². The van der Waals surface area contributed by atoms with Gasteiger partial charge in [0.25, 0.3) is 0 Å². The molecule has 7 heteroatoms. The van der Waals surface area contributed by atoms with E-state index in [1.807, 2.05) is 84.9 Å². The third-order valence-corrected chi connectivity index (χ3v) is 7.15. The lowest BCUT2D eigenvalue weighted by Crippen LogP contribution is -2.33. The molecular formula is C32H34ClN3O3. The second-order valence-corrected chi connectivity index (χ2v) is 10.2. The first kappa shape index (κ1) is 26.9. The van der Waals surface area contributed by atoms with Gasteiger partial charge < -0.3 is 20.1 Å². The minimum absolute atomic E-state index is 0.285. The molecule has 6 nitrogen and oxygen atoms in total. The average molecular weight is 544 g/mol. The number of anilines is 1. The van der Waals surface area contributed by atoms with Crippen molar-refractivity contribution in [1.82, 2.24) is 10.2 Å². The molecule has 1 fully saturated rings. The van der Waals surface area contributed by atoms with E-state index in [9.17, 15) is 4.79 Å². The maximum Gasteiger partial charge on any atom is 0.319 e. The van der Waals surface area contributed by atoms with Crippen LogP contribution in [0.1, 0.15) is 30.4 Å². The molecule has 4 aromatic rings. The third kappa shape index (κ3) is 7.65. The molecule has 0 radical (unpaired) electrons. The molecule has 1 saturated heterocycles. The molecular weight excluding hydrogens is 510 g/mol. The van der Waals surface area contributed by atoms with Crippen LogP contribution in [0.15, 0.2) is 84.9 Å². The van der Waals surface area contributed by atoms with Crippen molar-refractivity contribution in [3.63, 3.8) is 0 Å². The molecule has 5 rings (SSSR count). The van der Waals surface area contributed by atoms with Gasteiger partial charge in [-0.15, -0.1) is 0 Å². The fourth-order valence-electron chi connectivity index (χ4n) is 4.82. The average Bonchev–Trinajstić information content (AvgIpc) is 2.97. The number of carbonyl (C=O) groups excluding carboxylic acids is 1. The molecule has 0 aliphatic carbocycles. The van der Waals surface area contributed by atoms with E-state index in [1.165, 1.54) is 32.4 Å². The summed E-state index contributed by atoms with van der Waals surface area (Å²) in [4.78, 5) is 15.1. The monoisotopic (exact) mass is 543 g/mol. The third-order valence-electron chi connectivity index (χ3n) is 6.92. The first-order valence-corrected chi connectivity index (χ1v) is 13.9. The molecule has 0 saturated carbocycles. The minimum atomic E-state index is -0.285. The van der Waals surface area contributed by atoms with E-state index >= 15 is 0 Å². The Morgan fingerprint density at radius 1 is 0.821 bits per heavy atom. The zero-order valence-corrected chi connectivity index (χ0v) is 22.8. The summed E-state index contributed by atoms with van der Waals surface area (Å²) in [6.45, 7) is 4.87. The van der Waals surface area contributed by atoms with Gasteiger partial charge in [-0.3, -0.25) is 4.90 Å². The van der Waals surface area contributed by atoms with Crippen molar-refractivity contribution in [2.75, 3.05) is 31.6 Å². The highest BCUT2D eigenvalue weighted by Gasteiger charge is 2.11. The number of nitrogens with one attached hydrogen (secondary N) is 2. The van der Waals surface area contributed by atoms with Crippen molar-refractivity contribution in [3.8, 4) is 11.5 Å². The zero-order valence-electron chi connectivity index (χ0n) is 22.0. The number of benzene rings is 4. The Kier molecular flexibility index (Phi) is 9.20. The van der Waals surface area contributed by atoms with Crippen LogP contribution in [-0.4, -0.2) is 37.2 Å². The Labute approximate surface area is 234 Å². The number of rotatable bonds is 10. The lowest BCUT2D eigenvalue weighted by Gasteiger charge is -2.26. The summed E-state index contributed by atoms with van der Waals surface area (Å²) in [5.41, 5.74) is 2.71. The molecule has 0 spiro atoms. The van der Waals surface area contributed by atoms with E-state index in [1.54, 1.807) is 0 Å². The van der Waals surface area contributed by atoms with Gasteiger partial charge in [-0.25, -0.2) is 4.79 Å². The van der Waals surface area contributed by atoms with Gasteiger partial charge in [0.05, 0.1) is 5.69 Å². The van der Waals surface area contributed by atoms with Crippen molar-refractivity contribution >= 4 is 34.1 Å². The van der Waals surface area contributed by atoms with Crippen LogP contribution >= 0.6 is 11.6 Å². The minimum Gasteiger partial charge on any atom is -0.492 e. The largest absolute Gasteiger partial charge is 0.492 e. The summed E-state index contributed by atoms with van der Waals surface area (Å²) in [5.74, 6) is 1.64. The van der Waals surface area contributed by atoms with Crippen molar-refractivity contribution in [2.45, 2.75) is 32.4 Å². The summed E-state index contributed by atoms with van der Waals surface area (Å²) in [6.07, 6.45) is 3.94. The molecule has 2 amide bonds. The van der Waals surface area contributed by atoms with Gasteiger partial charge in [0, 0.05) is 28.9 Å². The number of amides is 2. The van der Waals surface area contributed by atoms with Gasteiger partial charge in [-0.1, -0.05) is 66.6 Å². The number of hydrogen-bond donors (Lipinski definition) is 2. The van der Waals surface area contributed by atoms with Gasteiger partial charge in [0.1, 0.15) is 24.7 Å². The Hall–Kier alpha value is -3.74. The van der Waals surface area contributed by atoms with Crippen LogP contribution in [-0.2, 0) is 13.2 Å². The molecule has 39 heavy (non-hydrogen) atoms. The normalized spacial score (nSPS) is 13.7. The molecule has 0 unspecified atom stereocenters. The quantitative estimate of drug-likeness (QED) is 0.221. The van der Waals surface area contributed by atoms with Gasteiger partial charge in [-0.05, 0) is 73.5 Å². The summed E-state index contributed by atoms with van der Waals surface area (Å²) < 4.78 is 12.1. The second-order valence-electron chi connectivity index (χ2n) is 9.78. The van der Waals surface area contributed by atoms with Crippen molar-refractivity contribution in [1.29, 1.82) is 0 Å². The smallest absolute Gasteiger partial charge is 0.319 e. The Balaban J connectivity index is 1.15. The fourth-order valence-corrected chi connectivity index (χ4v) is 5.03. The number of piperidine rings is 1. The standard InChI is InChI=1S/C32H34ClN3O3/c33-26-8-6-7-25(21-26)22-34-32(37)35-30-15-16-31(29-10-3-2-9-28(29)30)39-23-24-11-13-27(14-12-24)38-20-19-36-17-4-1-5-18-36/h2-3,6-16,21H,1,4-5,17-20,22-23H2,(H2,34,35,37). The molecule has 1 heterocycles. The molecule has 1 aliphatic heterocycles. The van der Waals surface area contributed by atoms with Crippen LogP contribution in [0, 0.1) is 0 Å². The first-order chi connectivity index (χ1) is 19.1. The first-order valence-electron chi connectivity index (χ1n) is 13.5. The number of urea groups is 1. The van der Waals surface area contributed by atoms with Gasteiger partial charge >= 0.3 is 6.03 Å². The Morgan fingerprint density at radius 3 is 2.41 bits per heavy atom. The van der Waals surface area contributed by atoms with Crippen LogP contribution in [0.2, 0.25) is 5.02 Å². The van der Waals surface area contributed by atoms with Crippen molar-refractivity contribution in [3.05, 3.63) is 101 Å². The summed E-state index contributed by atoms with van der Waals surface area (Å²) in [5, 5.41) is 8.32. The van der Waals surface area contributed by atoms with E-state index in [0.29, 0.717) is 30.5 Å². The molecule has 2 N–H and O–H groups in total. The fraction of sp³-hybridized carbons (Fsp3) is 0.281. The van der Waals surface area contributed by atoms with E-state index in [-0.39, 0.29) is 6.03 Å². The molecule has 202 valence electrons. The Morgan fingerprint density at radius 2 is 1.62 bits per heavy atom. The number of ether oxygens (including phenoxy) is 2. The lowest BCUT2D eigenvalue weighted by atomic mass is 10.1. The zero-order chi connectivity index (χ0) is 26.9. The van der Waals surface area contributed by atoms with Crippen LogP contribution in [0.25, 0.3) is 10.8 Å². The molecule has 4 aromatic carbocycles. The predicted octanol–water partition coefficient (Wildman–Crippen LogP) is 7.26. The van der Waals surface area contributed by atoms with Gasteiger partial charge in [0.2, 0.25) is 0 Å². The highest BCUT2D eigenvalue weighted by atomic mass is 35.5. The number of nitrogens with zero attached hydrogens (tertiary/aromatic N) is 1. The predicted molar refractivity (Wildman–Crippen MR) is 158 cm³/mol. The lowest BCUT2D eigenvalue weighted by molar-refractivity contribution is 0.183. The SMILES string of the molecule is O=C(NCc1cccc(Cl)c1)Nc1ccc(OCc2ccc(OCCN3CCCCC3)cc2)c2ccccc12. The molecule has 0 bridgehead atoms. The van der Waals surface area contributed by atoms with Gasteiger partial charge in [-0.2, -0.15) is 0 Å². The second kappa shape index (κ2) is 13.4. The van der Waals surface area contributed by atoms with E-state index in [4.69, 9.17) is 21.1 Å². The number of likely N-dealkylation sites (tertiary alicyclic amines) is 1. The number of carbonyl (C=O) groups is 1.